The number of nitrogens with one attached hydrogen (secondary N) is 1. The first-order chi connectivity index (χ1) is 15.8. The number of halogens is 6. The summed E-state index contributed by atoms with van der Waals surface area (Å²) in [4.78, 5) is 3.99. The third-order valence-corrected chi connectivity index (χ3v) is 6.04. The molecule has 11 heteroatoms. The van der Waals surface area contributed by atoms with Gasteiger partial charge in [0.25, 0.3) is 0 Å². The second kappa shape index (κ2) is 8.46. The smallest absolute Gasteiger partial charge is 0.418 e. The van der Waals surface area contributed by atoms with Gasteiger partial charge in [0.2, 0.25) is 0 Å². The van der Waals surface area contributed by atoms with E-state index in [0.29, 0.717) is 5.56 Å². The van der Waals surface area contributed by atoms with Gasteiger partial charge in [0.1, 0.15) is 12.4 Å². The van der Waals surface area contributed by atoms with Crippen molar-refractivity contribution in [2.24, 2.45) is 7.05 Å². The van der Waals surface area contributed by atoms with Gasteiger partial charge < -0.3 is 19.7 Å². The highest BCUT2D eigenvalue weighted by Gasteiger charge is 2.40. The van der Waals surface area contributed by atoms with Crippen LogP contribution in [0.2, 0.25) is 0 Å². The quantitative estimate of drug-likeness (QED) is 0.508. The number of alkyl halides is 6. The summed E-state index contributed by atoms with van der Waals surface area (Å²) in [6.07, 6.45) is -7.43. The van der Waals surface area contributed by atoms with Gasteiger partial charge in [-0.25, -0.2) is 4.98 Å². The molecule has 0 aliphatic carbocycles. The Balaban J connectivity index is 1.53. The van der Waals surface area contributed by atoms with Crippen molar-refractivity contribution in [1.82, 2.24) is 14.9 Å². The van der Waals surface area contributed by atoms with Crippen molar-refractivity contribution in [2.75, 3.05) is 6.61 Å². The lowest BCUT2D eigenvalue weighted by Gasteiger charge is -2.41. The summed E-state index contributed by atoms with van der Waals surface area (Å²) in [5.41, 5.74) is -2.67. The number of ether oxygens (including phenoxy) is 1. The minimum Gasteiger partial charge on any atom is -0.492 e. The number of nitrogens with zero attached hydrogens (tertiary/aromatic N) is 2. The van der Waals surface area contributed by atoms with E-state index in [0.717, 1.165) is 18.2 Å². The number of aliphatic hydroxyl groups is 1. The zero-order chi connectivity index (χ0) is 24.9. The Morgan fingerprint density at radius 3 is 2.38 bits per heavy atom. The predicted octanol–water partition coefficient (Wildman–Crippen LogP) is 5.02. The van der Waals surface area contributed by atoms with Gasteiger partial charge in [-0.3, -0.25) is 0 Å². The molecule has 184 valence electrons. The Morgan fingerprint density at radius 1 is 1.09 bits per heavy atom. The van der Waals surface area contributed by atoms with Crippen molar-refractivity contribution in [3.63, 3.8) is 0 Å². The number of benzene rings is 2. The zero-order valence-electron chi connectivity index (χ0n) is 18.3. The van der Waals surface area contributed by atoms with E-state index in [1.54, 1.807) is 0 Å². The van der Waals surface area contributed by atoms with Gasteiger partial charge in [-0.05, 0) is 43.5 Å². The fourth-order valence-corrected chi connectivity index (χ4v) is 4.60. The molecule has 0 spiro atoms. The van der Waals surface area contributed by atoms with Gasteiger partial charge in [0.15, 0.2) is 0 Å². The molecule has 3 aromatic rings. The number of fused-ring (bicyclic) bond motifs is 1. The van der Waals surface area contributed by atoms with E-state index >= 15 is 0 Å². The van der Waals surface area contributed by atoms with Crippen LogP contribution in [0.3, 0.4) is 0 Å². The molecular formula is C23H23F6N3O2. The molecule has 5 nitrogen and oxygen atoms in total. The van der Waals surface area contributed by atoms with Crippen LogP contribution in [-0.2, 0) is 25.0 Å². The lowest BCUT2D eigenvalue weighted by Crippen LogP contribution is -2.53. The molecule has 1 saturated heterocycles. The van der Waals surface area contributed by atoms with E-state index in [1.807, 2.05) is 6.92 Å². The van der Waals surface area contributed by atoms with E-state index in [4.69, 9.17) is 4.74 Å². The zero-order valence-corrected chi connectivity index (χ0v) is 18.3. The number of rotatable bonds is 4. The molecule has 1 aliphatic rings. The van der Waals surface area contributed by atoms with E-state index in [2.05, 4.69) is 10.3 Å². The first-order valence-corrected chi connectivity index (χ1v) is 10.6. The van der Waals surface area contributed by atoms with Crippen LogP contribution in [-0.4, -0.2) is 33.3 Å². The van der Waals surface area contributed by atoms with E-state index < -0.39 is 35.1 Å². The van der Waals surface area contributed by atoms with Crippen molar-refractivity contribution in [2.45, 2.75) is 49.8 Å². The molecule has 0 saturated carbocycles. The number of hydrogen-bond donors (Lipinski definition) is 2. The molecule has 1 aromatic heterocycles. The monoisotopic (exact) mass is 487 g/mol. The van der Waals surface area contributed by atoms with Crippen molar-refractivity contribution in [3.05, 3.63) is 59.4 Å². The van der Waals surface area contributed by atoms with Gasteiger partial charge in [0, 0.05) is 25.2 Å². The lowest BCUT2D eigenvalue weighted by atomic mass is 9.79. The van der Waals surface area contributed by atoms with Gasteiger partial charge in [-0.1, -0.05) is 12.1 Å². The summed E-state index contributed by atoms with van der Waals surface area (Å²) in [5, 5.41) is 14.5. The molecule has 0 radical (unpaired) electrons. The second-order valence-corrected chi connectivity index (χ2v) is 8.78. The summed E-state index contributed by atoms with van der Waals surface area (Å²) in [6, 6.07) is 6.02. The van der Waals surface area contributed by atoms with Crippen LogP contribution in [0.1, 0.15) is 36.5 Å². The summed E-state index contributed by atoms with van der Waals surface area (Å²) in [7, 11) is 1.47. The maximum Gasteiger partial charge on any atom is 0.418 e. The van der Waals surface area contributed by atoms with Crippen molar-refractivity contribution in [1.29, 1.82) is 0 Å². The average Bonchev–Trinajstić information content (AvgIpc) is 3.10. The lowest BCUT2D eigenvalue weighted by molar-refractivity contribution is -0.138. The van der Waals surface area contributed by atoms with Crippen molar-refractivity contribution in [3.8, 4) is 5.75 Å². The highest BCUT2D eigenvalue weighted by Crippen LogP contribution is 2.39. The minimum absolute atomic E-state index is 0.0170. The van der Waals surface area contributed by atoms with Crippen molar-refractivity contribution >= 4 is 11.0 Å². The summed E-state index contributed by atoms with van der Waals surface area (Å²) < 4.78 is 86.3. The molecule has 3 unspecified atom stereocenters. The van der Waals surface area contributed by atoms with E-state index in [1.165, 1.54) is 36.1 Å². The van der Waals surface area contributed by atoms with Crippen LogP contribution < -0.4 is 10.1 Å². The fraction of sp³-hybridized carbons (Fsp3) is 0.435. The number of imidazole rings is 1. The summed E-state index contributed by atoms with van der Waals surface area (Å²) >= 11 is 0. The molecule has 2 heterocycles. The van der Waals surface area contributed by atoms with E-state index in [-0.39, 0.29) is 42.3 Å². The van der Waals surface area contributed by atoms with Crippen LogP contribution in [0.15, 0.2) is 42.7 Å². The molecule has 2 aromatic carbocycles. The molecule has 0 bridgehead atoms. The van der Waals surface area contributed by atoms with Crippen LogP contribution in [0, 0.1) is 0 Å². The molecule has 0 amide bonds. The maximum atomic E-state index is 13.6. The largest absolute Gasteiger partial charge is 0.492 e. The molecule has 1 aliphatic heterocycles. The van der Waals surface area contributed by atoms with Gasteiger partial charge in [0.05, 0.1) is 34.1 Å². The summed E-state index contributed by atoms with van der Waals surface area (Å²) in [6.45, 7) is 1.76. The van der Waals surface area contributed by atoms with Crippen molar-refractivity contribution < 1.29 is 36.2 Å². The fourth-order valence-electron chi connectivity index (χ4n) is 4.60. The maximum absolute atomic E-state index is 13.6. The average molecular weight is 487 g/mol. The van der Waals surface area contributed by atoms with Crippen LogP contribution in [0.5, 0.6) is 5.75 Å². The third kappa shape index (κ3) is 4.85. The Morgan fingerprint density at radius 2 is 1.76 bits per heavy atom. The van der Waals surface area contributed by atoms with Crippen LogP contribution >= 0.6 is 0 Å². The topological polar surface area (TPSA) is 59.3 Å². The number of aryl methyl sites for hydroxylation is 1. The Bertz CT molecular complexity index is 1170. The van der Waals surface area contributed by atoms with Gasteiger partial charge >= 0.3 is 12.4 Å². The molecular weight excluding hydrogens is 464 g/mol. The Kier molecular flexibility index (Phi) is 6.05. The normalized spacial score (nSPS) is 23.9. The van der Waals surface area contributed by atoms with E-state index in [9.17, 15) is 31.4 Å². The Hall–Kier alpha value is -2.79. The van der Waals surface area contributed by atoms with Gasteiger partial charge in [-0.15, -0.1) is 0 Å². The number of hydrogen-bond acceptors (Lipinski definition) is 4. The SMILES string of the molecule is CC1CC(O)(c2ccc(C(F)(F)F)cc2)CC(COc2cc(C(F)(F)F)c3c(c2)ncn3C)N1. The highest BCUT2D eigenvalue weighted by atomic mass is 19.4. The first kappa shape index (κ1) is 24.3. The number of aromatic nitrogens is 2. The Labute approximate surface area is 191 Å². The molecule has 1 fully saturated rings. The molecule has 3 atom stereocenters. The summed E-state index contributed by atoms with van der Waals surface area (Å²) in [5.74, 6) is -0.0170. The third-order valence-electron chi connectivity index (χ3n) is 6.04. The highest BCUT2D eigenvalue weighted by molar-refractivity contribution is 5.81. The molecule has 34 heavy (non-hydrogen) atoms. The standard InChI is InChI=1S/C23H23F6N3O2/c1-13-9-21(33,14-3-5-15(6-4-14)22(24,25)26)10-16(31-13)11-34-17-7-18(23(27,28)29)20-19(8-17)30-12-32(20)2/h3-8,12-13,16,31,33H,9-11H2,1-2H3. The first-order valence-electron chi connectivity index (χ1n) is 10.6. The van der Waals surface area contributed by atoms with Crippen LogP contribution in [0.4, 0.5) is 26.3 Å². The number of piperidine rings is 1. The molecule has 2 N–H and O–H groups in total. The minimum atomic E-state index is -4.61. The molecule has 4 rings (SSSR count). The van der Waals surface area contributed by atoms with Crippen LogP contribution in [0.25, 0.3) is 11.0 Å². The second-order valence-electron chi connectivity index (χ2n) is 8.78. The predicted molar refractivity (Wildman–Crippen MR) is 112 cm³/mol. The van der Waals surface area contributed by atoms with Gasteiger partial charge in [-0.2, -0.15) is 26.3 Å².